The Hall–Kier alpha value is -6.99. The van der Waals surface area contributed by atoms with E-state index in [4.69, 9.17) is 11.5 Å². The summed E-state index contributed by atoms with van der Waals surface area (Å²) in [7, 11) is -3.68. The van der Waals surface area contributed by atoms with Crippen molar-refractivity contribution in [1.82, 2.24) is 22.6 Å². The molecule has 0 unspecified atom stereocenters. The second-order valence-corrected chi connectivity index (χ2v) is 40.2. The van der Waals surface area contributed by atoms with Crippen LogP contribution in [0.15, 0.2) is 218 Å². The van der Waals surface area contributed by atoms with Crippen LogP contribution in [0.4, 0.5) is 0 Å². The molecule has 1 aliphatic carbocycles. The van der Waals surface area contributed by atoms with Crippen LogP contribution >= 0.6 is 45.2 Å². The predicted molar refractivity (Wildman–Crippen MR) is 415 cm³/mol. The van der Waals surface area contributed by atoms with E-state index in [1.165, 1.54) is 140 Å². The lowest BCUT2D eigenvalue weighted by Gasteiger charge is -2.39. The summed E-state index contributed by atoms with van der Waals surface area (Å²) >= 11 is 4.83. The Morgan fingerprint density at radius 3 is 0.944 bits per heavy atom. The van der Waals surface area contributed by atoms with E-state index in [9.17, 15) is 0 Å². The van der Waals surface area contributed by atoms with E-state index in [0.717, 1.165) is 12.8 Å². The molecule has 5 N–H and O–H groups in total. The molecule has 1 aliphatic rings. The molecule has 0 saturated heterocycles. The summed E-state index contributed by atoms with van der Waals surface area (Å²) in [6.45, 7) is 24.4. The Balaban J connectivity index is 0.000000145. The minimum Gasteiger partial charge on any atom is -0.368 e. The molecule has 1 fully saturated rings. The van der Waals surface area contributed by atoms with Gasteiger partial charge in [0.15, 0.2) is 16.5 Å². The van der Waals surface area contributed by atoms with Gasteiger partial charge in [0, 0.05) is 118 Å². The Kier molecular flexibility index (Phi) is 17.2. The number of hydrogen-bond acceptors (Lipinski definition) is 2. The van der Waals surface area contributed by atoms with Crippen LogP contribution in [-0.4, -0.2) is 51.1 Å². The van der Waals surface area contributed by atoms with Crippen LogP contribution in [0.5, 0.6) is 0 Å². The number of rotatable bonds is 4. The summed E-state index contributed by atoms with van der Waals surface area (Å²) in [5, 5.41) is 13.6. The van der Waals surface area contributed by atoms with Crippen molar-refractivity contribution in [2.45, 2.75) is 123 Å². The summed E-state index contributed by atoms with van der Waals surface area (Å²) in [5.41, 5.74) is 26.5. The van der Waals surface area contributed by atoms with Crippen molar-refractivity contribution in [3.05, 3.63) is 226 Å². The van der Waals surface area contributed by atoms with Crippen molar-refractivity contribution in [2.75, 3.05) is 0 Å². The van der Waals surface area contributed by atoms with Crippen molar-refractivity contribution in [3.63, 3.8) is 0 Å². The number of nitrogens with one attached hydrogen (secondary N) is 1. The van der Waals surface area contributed by atoms with E-state index in [-0.39, 0.29) is 24.5 Å². The monoisotopic (exact) mass is 1440 g/mol. The van der Waals surface area contributed by atoms with Gasteiger partial charge in [-0.05, 0) is 177 Å². The smallest absolute Gasteiger partial charge is 0.161 e. The summed E-state index contributed by atoms with van der Waals surface area (Å²) in [6.07, 6.45) is 4.80. The zero-order valence-corrected chi connectivity index (χ0v) is 59.3. The number of benzene rings is 10. The van der Waals surface area contributed by atoms with Gasteiger partial charge in [-0.3, -0.25) is 0 Å². The van der Waals surface area contributed by atoms with Gasteiger partial charge in [0.2, 0.25) is 0 Å². The zero-order valence-electron chi connectivity index (χ0n) is 53.0. The molecule has 1 saturated carbocycles. The maximum Gasteiger partial charge on any atom is 0.161 e. The van der Waals surface area contributed by atoms with Crippen molar-refractivity contribution in [2.24, 2.45) is 11.5 Å². The van der Waals surface area contributed by atoms with Crippen molar-refractivity contribution < 1.29 is 0 Å². The normalized spacial score (nSPS) is 15.0. The maximum absolute atomic E-state index is 5.65. The van der Waals surface area contributed by atoms with E-state index in [0.29, 0.717) is 5.04 Å². The average molecular weight is 1440 g/mol. The van der Waals surface area contributed by atoms with E-state index < -0.39 is 16.5 Å². The molecule has 10 aromatic carbocycles. The molecule has 458 valence electrons. The van der Waals surface area contributed by atoms with E-state index in [1.54, 1.807) is 0 Å². The Labute approximate surface area is 559 Å². The van der Waals surface area contributed by atoms with Gasteiger partial charge in [0.1, 0.15) is 0 Å². The Bertz CT molecular complexity index is 4760. The molecule has 5 aromatic heterocycles. The molecule has 11 heteroatoms. The third-order valence-electron chi connectivity index (χ3n) is 20.2. The van der Waals surface area contributed by atoms with Crippen LogP contribution in [0.25, 0.3) is 120 Å². The lowest BCUT2D eigenvalue weighted by molar-refractivity contribution is 0.385. The van der Waals surface area contributed by atoms with Gasteiger partial charge in [-0.15, -0.1) is 0 Å². The number of halogens is 2. The predicted octanol–water partition coefficient (Wildman–Crippen LogP) is 22.9. The topological polar surface area (TPSA) is 87.5 Å². The minimum atomic E-state index is -2.00. The molecule has 0 aliphatic heterocycles. The first kappa shape index (κ1) is 63.2. The van der Waals surface area contributed by atoms with Crippen LogP contribution in [0.1, 0.15) is 74.7 Å². The van der Waals surface area contributed by atoms with Crippen LogP contribution in [0, 0.1) is 7.14 Å². The number of nitrogens with two attached hydrogens (primary N) is 2. The molecule has 2 atom stereocenters. The molecular formula is C79H85I2N7Si2. The minimum absolute atomic E-state index is 0. The highest BCUT2D eigenvalue weighted by Gasteiger charge is 2.41. The molecule has 16 rings (SSSR count). The Morgan fingerprint density at radius 2 is 0.633 bits per heavy atom. The number of aromatic amines is 1. The first-order valence-electron chi connectivity index (χ1n) is 31.5. The van der Waals surface area contributed by atoms with Gasteiger partial charge in [-0.25, -0.2) is 0 Å². The number of hydrogen-bond donors (Lipinski definition) is 3. The molecule has 0 amide bonds. The maximum atomic E-state index is 5.65. The first-order chi connectivity index (χ1) is 42.6. The summed E-state index contributed by atoms with van der Waals surface area (Å²) in [5.74, 6) is 0. The largest absolute Gasteiger partial charge is 0.368 e. The second-order valence-electron chi connectivity index (χ2n) is 27.6. The van der Waals surface area contributed by atoms with E-state index in [2.05, 4.69) is 354 Å². The lowest BCUT2D eigenvalue weighted by atomic mass is 9.92. The number of fused-ring (bicyclic) bond motifs is 15. The summed E-state index contributed by atoms with van der Waals surface area (Å²) in [6, 6.07) is 80.5. The number of para-hydroxylation sites is 6. The van der Waals surface area contributed by atoms with Crippen LogP contribution in [0.2, 0.25) is 36.3 Å². The highest BCUT2D eigenvalue weighted by molar-refractivity contribution is 14.1. The molecule has 90 heavy (non-hydrogen) atoms. The molecule has 0 bridgehead atoms. The molecular weight excluding hydrogens is 1360 g/mol. The molecule has 0 radical (unpaired) electrons. The SMILES string of the molecule is C.CC(C)(C)[Si](C)(C)n1c2ccc(-n3c4ccccc4c4ccccc43)cc2c2cc(-n3c4ccccc4c4ccccc43)ccc21.CC(C)(C)[Si](C)(C)n1c2ccc(I)cc2c2cc(I)ccc21.N[C@H]1CCCC[C@@H]1N.c1ccc2c(c1)[nH]c1ccccc12. The van der Waals surface area contributed by atoms with Crippen molar-refractivity contribution in [1.29, 1.82) is 0 Å². The van der Waals surface area contributed by atoms with Gasteiger partial charge in [-0.2, -0.15) is 0 Å². The van der Waals surface area contributed by atoms with Gasteiger partial charge < -0.3 is 34.1 Å². The zero-order chi connectivity index (χ0) is 62.3. The number of H-pyrrole nitrogens is 1. The number of aromatic nitrogens is 5. The molecule has 15 aromatic rings. The summed E-state index contributed by atoms with van der Waals surface area (Å²) < 4.78 is 12.9. The molecule has 7 nitrogen and oxygen atoms in total. The summed E-state index contributed by atoms with van der Waals surface area (Å²) in [4.78, 5) is 3.38. The van der Waals surface area contributed by atoms with Crippen LogP contribution in [-0.2, 0) is 0 Å². The van der Waals surface area contributed by atoms with Gasteiger partial charge in [-0.1, -0.05) is 197 Å². The van der Waals surface area contributed by atoms with E-state index in [1.807, 2.05) is 0 Å². The fourth-order valence-electron chi connectivity index (χ4n) is 13.5. The first-order valence-corrected chi connectivity index (χ1v) is 39.6. The van der Waals surface area contributed by atoms with Crippen LogP contribution in [0.3, 0.4) is 0 Å². The highest BCUT2D eigenvalue weighted by atomic mass is 127. The third-order valence-corrected chi connectivity index (χ3v) is 32.1. The fraction of sp³-hybridized carbons (Fsp3) is 0.241. The highest BCUT2D eigenvalue weighted by Crippen LogP contribution is 2.46. The van der Waals surface area contributed by atoms with Crippen molar-refractivity contribution in [3.8, 4) is 11.4 Å². The molecule has 0 spiro atoms. The van der Waals surface area contributed by atoms with E-state index >= 15 is 0 Å². The standard InChI is InChI=1S/C42H37N3Si.C18H21I2NSi.C12H9N.C6H14N2.CH4/c1-42(2,3)46(4,5)45-40-24-22-28(43-36-18-10-6-14-30(36)31-15-7-11-19-37(31)43)26-34(40)35-27-29(23-25-41(35)45)44-38-20-12-8-16-32(38)33-17-9-13-21-39(33)44;1-18(2,3)22(4,5)21-16-8-6-12(19)10-14(16)15-11-13(20)7-9-17(15)21;1-3-7-11-9(5-1)10-6-2-4-8-12(10)13-11;7-5-3-1-2-4-6(5)8;/h6-27H,1-5H3;6-11H,1-5H3;1-8,13H;5-6H,1-4,7-8H2;1H4/t;;;5-,6-;/m...0./s1. The van der Waals surface area contributed by atoms with Gasteiger partial charge >= 0.3 is 0 Å². The third kappa shape index (κ3) is 11.1. The fourth-order valence-corrected chi connectivity index (χ4v) is 19.0. The molecule has 5 heterocycles. The Morgan fingerprint density at radius 1 is 0.356 bits per heavy atom. The number of nitrogens with zero attached hydrogens (tertiary/aromatic N) is 4. The van der Waals surface area contributed by atoms with Crippen LogP contribution < -0.4 is 11.5 Å². The second kappa shape index (κ2) is 24.6. The van der Waals surface area contributed by atoms with Gasteiger partial charge in [0.25, 0.3) is 0 Å². The van der Waals surface area contributed by atoms with Crippen molar-refractivity contribution >= 4 is 171 Å². The van der Waals surface area contributed by atoms with Gasteiger partial charge in [0.05, 0.1) is 22.1 Å². The quantitative estimate of drug-likeness (QED) is 0.121. The average Bonchev–Trinajstić information content (AvgIpc) is 1.57. The lowest BCUT2D eigenvalue weighted by Crippen LogP contribution is -2.45.